The number of allylic oxidation sites excluding steroid dienone is 1. The number of carboxylic acid groups (broad SMARTS) is 1. The first kappa shape index (κ1) is 17.2. The topological polar surface area (TPSA) is 121 Å². The van der Waals surface area contributed by atoms with Crippen LogP contribution in [-0.4, -0.2) is 27.0 Å². The second-order valence-corrected chi connectivity index (χ2v) is 6.13. The summed E-state index contributed by atoms with van der Waals surface area (Å²) in [5, 5.41) is 12.3. The molecule has 2 bridgehead atoms. The van der Waals surface area contributed by atoms with E-state index in [1.165, 1.54) is 18.2 Å². The molecule has 0 fully saturated rings. The van der Waals surface area contributed by atoms with Crippen LogP contribution in [0, 0.1) is 0 Å². The molecule has 130 valence electrons. The van der Waals surface area contributed by atoms with Crippen LogP contribution in [0.3, 0.4) is 0 Å². The molecule has 1 aromatic heterocycles. The Balaban J connectivity index is 2.15. The fourth-order valence-electron chi connectivity index (χ4n) is 2.60. The lowest BCUT2D eigenvalue weighted by atomic mass is 10.1. The highest BCUT2D eigenvalue weighted by molar-refractivity contribution is 6.32. The number of benzene rings is 1. The average molecular weight is 361 g/mol. The Morgan fingerprint density at radius 1 is 1.36 bits per heavy atom. The van der Waals surface area contributed by atoms with Crippen molar-refractivity contribution >= 4 is 29.2 Å². The van der Waals surface area contributed by atoms with E-state index in [1.54, 1.807) is 0 Å². The number of H-pyrrole nitrogens is 1. The van der Waals surface area contributed by atoms with Crippen molar-refractivity contribution in [2.75, 3.05) is 5.32 Å². The molecule has 2 heterocycles. The highest BCUT2D eigenvalue weighted by atomic mass is 35.5. The number of hydrogen-bond acceptors (Lipinski definition) is 4. The van der Waals surface area contributed by atoms with E-state index in [-0.39, 0.29) is 22.7 Å². The zero-order valence-electron chi connectivity index (χ0n) is 13.3. The standard InChI is InChI=1S/C17H17ClN4O3/c18-15-14-10-8-9(17(24)25)6-7-12(10)20-13(23)5-3-1-2-4-11(19)16(21-14)22-15/h1-2,6-8,11H,3-5,19H2,(H,20,23)(H,21,22)(H,24,25)/b2-1-/t11-/m0/s1. The van der Waals surface area contributed by atoms with Crippen molar-refractivity contribution in [2.45, 2.75) is 25.3 Å². The maximum absolute atomic E-state index is 12.1. The number of fused-ring (bicyclic) bond motifs is 4. The van der Waals surface area contributed by atoms with Gasteiger partial charge in [0.2, 0.25) is 5.91 Å². The second-order valence-electron chi connectivity index (χ2n) is 5.75. The molecule has 0 unspecified atom stereocenters. The number of anilines is 1. The summed E-state index contributed by atoms with van der Waals surface area (Å²) >= 11 is 6.26. The van der Waals surface area contributed by atoms with Crippen molar-refractivity contribution in [1.29, 1.82) is 0 Å². The molecule has 25 heavy (non-hydrogen) atoms. The number of nitrogens with zero attached hydrogens (tertiary/aromatic N) is 1. The minimum absolute atomic E-state index is 0.0731. The molecular weight excluding hydrogens is 344 g/mol. The van der Waals surface area contributed by atoms with Gasteiger partial charge in [-0.15, -0.1) is 0 Å². The van der Waals surface area contributed by atoms with Crippen molar-refractivity contribution in [3.63, 3.8) is 0 Å². The molecule has 0 saturated carbocycles. The Kier molecular flexibility index (Phi) is 4.87. The number of aromatic amines is 1. The SMILES string of the molecule is N[C@H]1C/C=C\CCC(=O)Nc2ccc(C(=O)O)cc2-c2nc1[nH]c2Cl. The number of halogens is 1. The number of carbonyl (C=O) groups excluding carboxylic acids is 1. The second kappa shape index (κ2) is 7.08. The Morgan fingerprint density at radius 2 is 2.16 bits per heavy atom. The van der Waals surface area contributed by atoms with E-state index >= 15 is 0 Å². The van der Waals surface area contributed by atoms with Gasteiger partial charge in [0, 0.05) is 12.0 Å². The van der Waals surface area contributed by atoms with E-state index in [0.29, 0.717) is 42.0 Å². The summed E-state index contributed by atoms with van der Waals surface area (Å²) in [6, 6.07) is 4.02. The minimum Gasteiger partial charge on any atom is -0.478 e. The summed E-state index contributed by atoms with van der Waals surface area (Å²) in [4.78, 5) is 30.8. The smallest absolute Gasteiger partial charge is 0.335 e. The van der Waals surface area contributed by atoms with E-state index in [2.05, 4.69) is 15.3 Å². The quantitative estimate of drug-likeness (QED) is 0.582. The maximum Gasteiger partial charge on any atom is 0.335 e. The lowest BCUT2D eigenvalue weighted by Crippen LogP contribution is -2.12. The third-order valence-corrected chi connectivity index (χ3v) is 4.19. The number of imidazole rings is 1. The normalized spacial score (nSPS) is 19.0. The summed E-state index contributed by atoms with van der Waals surface area (Å²) in [6.45, 7) is 0. The molecule has 1 amide bonds. The van der Waals surface area contributed by atoms with Crippen LogP contribution >= 0.6 is 11.6 Å². The van der Waals surface area contributed by atoms with Gasteiger partial charge in [-0.25, -0.2) is 9.78 Å². The van der Waals surface area contributed by atoms with Gasteiger partial charge < -0.3 is 21.1 Å². The number of carbonyl (C=O) groups is 2. The third kappa shape index (κ3) is 3.72. The predicted molar refractivity (Wildman–Crippen MR) is 94.5 cm³/mol. The first-order valence-electron chi connectivity index (χ1n) is 7.79. The van der Waals surface area contributed by atoms with Crippen LogP contribution in [-0.2, 0) is 4.79 Å². The van der Waals surface area contributed by atoms with Gasteiger partial charge in [0.05, 0.1) is 17.3 Å². The highest BCUT2D eigenvalue weighted by Gasteiger charge is 2.20. The van der Waals surface area contributed by atoms with Gasteiger partial charge in [-0.2, -0.15) is 0 Å². The molecule has 1 atom stereocenters. The fourth-order valence-corrected chi connectivity index (χ4v) is 2.85. The summed E-state index contributed by atoms with van der Waals surface area (Å²) in [6.07, 6.45) is 5.25. The highest BCUT2D eigenvalue weighted by Crippen LogP contribution is 2.34. The van der Waals surface area contributed by atoms with E-state index in [9.17, 15) is 14.7 Å². The molecule has 0 spiro atoms. The van der Waals surface area contributed by atoms with Gasteiger partial charge in [0.1, 0.15) is 16.7 Å². The molecule has 5 N–H and O–H groups in total. The zero-order valence-corrected chi connectivity index (χ0v) is 14.0. The minimum atomic E-state index is -1.08. The summed E-state index contributed by atoms with van der Waals surface area (Å²) in [7, 11) is 0. The van der Waals surface area contributed by atoms with Crippen LogP contribution in [0.1, 0.15) is 41.5 Å². The maximum atomic E-state index is 12.1. The van der Waals surface area contributed by atoms with Crippen LogP contribution < -0.4 is 11.1 Å². The van der Waals surface area contributed by atoms with Gasteiger partial charge in [0.15, 0.2) is 0 Å². The summed E-state index contributed by atoms with van der Waals surface area (Å²) in [5.41, 5.74) is 7.43. The van der Waals surface area contributed by atoms with Crippen LogP contribution in [0.4, 0.5) is 5.69 Å². The summed E-state index contributed by atoms with van der Waals surface area (Å²) in [5.74, 6) is -0.754. The third-order valence-electron chi connectivity index (χ3n) is 3.92. The van der Waals surface area contributed by atoms with E-state index < -0.39 is 5.97 Å². The zero-order chi connectivity index (χ0) is 18.0. The van der Waals surface area contributed by atoms with Crippen molar-refractivity contribution in [1.82, 2.24) is 9.97 Å². The Bertz CT molecular complexity index is 860. The Morgan fingerprint density at radius 3 is 2.92 bits per heavy atom. The molecule has 2 aromatic rings. The van der Waals surface area contributed by atoms with E-state index in [0.717, 1.165) is 0 Å². The van der Waals surface area contributed by atoms with Gasteiger partial charge in [-0.3, -0.25) is 4.79 Å². The van der Waals surface area contributed by atoms with Gasteiger partial charge in [-0.05, 0) is 31.0 Å². The monoisotopic (exact) mass is 360 g/mol. The molecule has 1 aliphatic rings. The first-order chi connectivity index (χ1) is 12.0. The Hall–Kier alpha value is -2.64. The number of nitrogens with two attached hydrogens (primary N) is 1. The van der Waals surface area contributed by atoms with E-state index in [4.69, 9.17) is 17.3 Å². The number of rotatable bonds is 1. The average Bonchev–Trinajstić information content (AvgIpc) is 2.96. The van der Waals surface area contributed by atoms with Crippen molar-refractivity contribution in [3.8, 4) is 11.3 Å². The van der Waals surface area contributed by atoms with Crippen molar-refractivity contribution in [2.24, 2.45) is 5.73 Å². The molecule has 0 saturated heterocycles. The molecule has 0 aliphatic carbocycles. The number of nitrogens with one attached hydrogen (secondary N) is 2. The van der Waals surface area contributed by atoms with Crippen LogP contribution in [0.25, 0.3) is 11.3 Å². The molecule has 1 aromatic carbocycles. The van der Waals surface area contributed by atoms with Gasteiger partial charge in [0.25, 0.3) is 0 Å². The van der Waals surface area contributed by atoms with Crippen LogP contribution in [0.2, 0.25) is 5.15 Å². The summed E-state index contributed by atoms with van der Waals surface area (Å²) < 4.78 is 0. The fraction of sp³-hybridized carbons (Fsp3) is 0.235. The van der Waals surface area contributed by atoms with Crippen LogP contribution in [0.15, 0.2) is 30.4 Å². The lowest BCUT2D eigenvalue weighted by Gasteiger charge is -2.11. The molecule has 0 radical (unpaired) electrons. The number of aromatic carboxylic acids is 1. The van der Waals surface area contributed by atoms with E-state index in [1.807, 2.05) is 12.2 Å². The first-order valence-corrected chi connectivity index (χ1v) is 8.17. The molecule has 7 nitrogen and oxygen atoms in total. The predicted octanol–water partition coefficient (Wildman–Crippen LogP) is 3.11. The molecular formula is C17H17ClN4O3. The Labute approximate surface area is 148 Å². The van der Waals surface area contributed by atoms with Gasteiger partial charge in [-0.1, -0.05) is 23.8 Å². The number of hydrogen-bond donors (Lipinski definition) is 4. The number of carboxylic acids is 1. The molecule has 8 heteroatoms. The number of aromatic nitrogens is 2. The van der Waals surface area contributed by atoms with Crippen LogP contribution in [0.5, 0.6) is 0 Å². The van der Waals surface area contributed by atoms with Gasteiger partial charge >= 0.3 is 5.97 Å². The van der Waals surface area contributed by atoms with Crippen molar-refractivity contribution in [3.05, 3.63) is 46.9 Å². The lowest BCUT2D eigenvalue weighted by molar-refractivity contribution is -0.116. The molecule has 1 aliphatic heterocycles. The molecule has 3 rings (SSSR count). The largest absolute Gasteiger partial charge is 0.478 e. The van der Waals surface area contributed by atoms with Crippen molar-refractivity contribution < 1.29 is 14.7 Å². The number of amides is 1.